The SMILES string of the molecule is CC(=O)N(c1ccc(Cc2c(C)cc(C)cc2C)cc1)c1c(C)cc(C)c(Cc2c(C)cc(C)cc2C)c1C. The first-order valence-electron chi connectivity index (χ1n) is 14.0. The van der Waals surface area contributed by atoms with Crippen molar-refractivity contribution in [2.45, 2.75) is 82.1 Å². The van der Waals surface area contributed by atoms with Crippen LogP contribution in [0.3, 0.4) is 0 Å². The van der Waals surface area contributed by atoms with E-state index in [0.717, 1.165) is 29.8 Å². The summed E-state index contributed by atoms with van der Waals surface area (Å²) in [5.74, 6) is 0.0247. The summed E-state index contributed by atoms with van der Waals surface area (Å²) in [5, 5.41) is 0. The summed E-state index contributed by atoms with van der Waals surface area (Å²) >= 11 is 0. The van der Waals surface area contributed by atoms with Crippen molar-refractivity contribution in [3.05, 3.63) is 127 Å². The molecule has 2 nitrogen and oxygen atoms in total. The first-order chi connectivity index (χ1) is 18.4. The topological polar surface area (TPSA) is 20.3 Å². The van der Waals surface area contributed by atoms with Crippen LogP contribution in [0.2, 0.25) is 0 Å². The molecule has 0 aromatic heterocycles. The van der Waals surface area contributed by atoms with Gasteiger partial charge in [0.15, 0.2) is 0 Å². The van der Waals surface area contributed by atoms with Gasteiger partial charge in [-0.05, 0) is 148 Å². The largest absolute Gasteiger partial charge is 0.281 e. The molecule has 39 heavy (non-hydrogen) atoms. The molecule has 0 fully saturated rings. The lowest BCUT2D eigenvalue weighted by molar-refractivity contribution is -0.115. The van der Waals surface area contributed by atoms with Crippen molar-refractivity contribution in [1.29, 1.82) is 0 Å². The third-order valence-corrected chi connectivity index (χ3v) is 8.24. The van der Waals surface area contributed by atoms with E-state index in [1.807, 2.05) is 4.90 Å². The summed E-state index contributed by atoms with van der Waals surface area (Å²) < 4.78 is 0. The number of rotatable bonds is 6. The molecule has 202 valence electrons. The molecule has 4 rings (SSSR count). The Morgan fingerprint density at radius 2 is 1.00 bits per heavy atom. The third-order valence-electron chi connectivity index (χ3n) is 8.24. The van der Waals surface area contributed by atoms with Crippen LogP contribution >= 0.6 is 0 Å². The highest BCUT2D eigenvalue weighted by atomic mass is 16.2. The number of nitrogens with zero attached hydrogens (tertiary/aromatic N) is 1. The molecule has 0 heterocycles. The van der Waals surface area contributed by atoms with Crippen molar-refractivity contribution in [2.24, 2.45) is 0 Å². The Hall–Kier alpha value is -3.65. The van der Waals surface area contributed by atoms with Gasteiger partial charge in [-0.1, -0.05) is 53.6 Å². The van der Waals surface area contributed by atoms with Crippen LogP contribution in [-0.4, -0.2) is 5.91 Å². The number of hydrogen-bond donors (Lipinski definition) is 0. The van der Waals surface area contributed by atoms with Crippen molar-refractivity contribution in [1.82, 2.24) is 0 Å². The van der Waals surface area contributed by atoms with E-state index in [0.29, 0.717) is 0 Å². The Labute approximate surface area is 235 Å². The van der Waals surface area contributed by atoms with Gasteiger partial charge in [0.25, 0.3) is 0 Å². The molecule has 2 heteroatoms. The number of carbonyl (C=O) groups is 1. The van der Waals surface area contributed by atoms with Gasteiger partial charge in [-0.15, -0.1) is 0 Å². The maximum Gasteiger partial charge on any atom is 0.228 e. The number of aryl methyl sites for hydroxylation is 8. The van der Waals surface area contributed by atoms with Gasteiger partial charge in [0.05, 0.1) is 5.69 Å². The molecule has 0 atom stereocenters. The van der Waals surface area contributed by atoms with Gasteiger partial charge < -0.3 is 0 Å². The molecular weight excluding hydrogens is 474 g/mol. The van der Waals surface area contributed by atoms with Crippen molar-refractivity contribution >= 4 is 17.3 Å². The highest BCUT2D eigenvalue weighted by Crippen LogP contribution is 2.37. The monoisotopic (exact) mass is 517 g/mol. The Balaban J connectivity index is 1.73. The first kappa shape index (κ1) is 28.4. The van der Waals surface area contributed by atoms with Crippen LogP contribution in [0.15, 0.2) is 54.6 Å². The van der Waals surface area contributed by atoms with E-state index in [2.05, 4.69) is 117 Å². The second kappa shape index (κ2) is 11.2. The molecule has 0 N–H and O–H groups in total. The van der Waals surface area contributed by atoms with Crippen LogP contribution in [0.5, 0.6) is 0 Å². The third kappa shape index (κ3) is 5.86. The maximum absolute atomic E-state index is 13.2. The van der Waals surface area contributed by atoms with Gasteiger partial charge in [0.2, 0.25) is 5.91 Å². The van der Waals surface area contributed by atoms with Gasteiger partial charge in [-0.25, -0.2) is 0 Å². The summed E-state index contributed by atoms with van der Waals surface area (Å²) in [7, 11) is 0. The fraction of sp³-hybridized carbons (Fsp3) is 0.324. The molecule has 0 bridgehead atoms. The van der Waals surface area contributed by atoms with E-state index < -0.39 is 0 Å². The van der Waals surface area contributed by atoms with Crippen molar-refractivity contribution in [3.8, 4) is 0 Å². The first-order valence-corrected chi connectivity index (χ1v) is 14.0. The second-order valence-corrected chi connectivity index (χ2v) is 11.6. The molecule has 0 unspecified atom stereocenters. The summed E-state index contributed by atoms with van der Waals surface area (Å²) in [5.41, 5.74) is 18.7. The summed E-state index contributed by atoms with van der Waals surface area (Å²) in [6, 6.07) is 19.8. The van der Waals surface area contributed by atoms with Crippen LogP contribution in [0, 0.1) is 62.3 Å². The molecule has 0 saturated heterocycles. The molecule has 0 aliphatic heterocycles. The number of hydrogen-bond acceptors (Lipinski definition) is 1. The molecule has 0 saturated carbocycles. The molecule has 0 aliphatic rings. The lowest BCUT2D eigenvalue weighted by Crippen LogP contribution is -2.25. The van der Waals surface area contributed by atoms with Gasteiger partial charge in [-0.2, -0.15) is 0 Å². The number of carbonyl (C=O) groups excluding carboxylic acids is 1. The lowest BCUT2D eigenvalue weighted by Gasteiger charge is -2.28. The molecule has 4 aromatic rings. The zero-order chi connectivity index (χ0) is 28.6. The van der Waals surface area contributed by atoms with Crippen molar-refractivity contribution < 1.29 is 4.79 Å². The molecular formula is C37H43NO. The molecule has 1 amide bonds. The smallest absolute Gasteiger partial charge is 0.228 e. The zero-order valence-electron chi connectivity index (χ0n) is 25.5. The predicted molar refractivity (Wildman–Crippen MR) is 167 cm³/mol. The molecule has 0 radical (unpaired) electrons. The minimum Gasteiger partial charge on any atom is -0.281 e. The van der Waals surface area contributed by atoms with Gasteiger partial charge >= 0.3 is 0 Å². The number of amides is 1. The second-order valence-electron chi connectivity index (χ2n) is 11.6. The van der Waals surface area contributed by atoms with E-state index in [9.17, 15) is 4.79 Å². The highest BCUT2D eigenvalue weighted by Gasteiger charge is 2.22. The summed E-state index contributed by atoms with van der Waals surface area (Å²) in [4.78, 5) is 15.1. The van der Waals surface area contributed by atoms with E-state index in [1.165, 1.54) is 66.8 Å². The molecule has 0 spiro atoms. The minimum absolute atomic E-state index is 0.0247. The zero-order valence-corrected chi connectivity index (χ0v) is 25.5. The van der Waals surface area contributed by atoms with Crippen LogP contribution < -0.4 is 4.90 Å². The fourth-order valence-corrected chi connectivity index (χ4v) is 6.42. The van der Waals surface area contributed by atoms with E-state index >= 15 is 0 Å². The molecule has 4 aromatic carbocycles. The minimum atomic E-state index is 0.0247. The van der Waals surface area contributed by atoms with Crippen molar-refractivity contribution in [2.75, 3.05) is 4.90 Å². The summed E-state index contributed by atoms with van der Waals surface area (Å²) in [6.07, 6.45) is 1.75. The standard InChI is InChI=1S/C37H43NO/c1-22-15-24(3)34(25(4)16-22)20-32-11-13-33(14-12-32)38(31(10)39)37-29(8)19-28(7)36(30(37)9)21-35-26(5)17-23(2)18-27(35)6/h11-19H,20-21H2,1-10H3. The Morgan fingerprint density at radius 3 is 1.46 bits per heavy atom. The van der Waals surface area contributed by atoms with Crippen LogP contribution in [0.25, 0.3) is 0 Å². The summed E-state index contributed by atoms with van der Waals surface area (Å²) in [6.45, 7) is 21.3. The Kier molecular flexibility index (Phi) is 8.16. The number of anilines is 2. The van der Waals surface area contributed by atoms with E-state index in [4.69, 9.17) is 0 Å². The van der Waals surface area contributed by atoms with Crippen LogP contribution in [0.1, 0.15) is 79.2 Å². The van der Waals surface area contributed by atoms with Crippen LogP contribution in [0.4, 0.5) is 11.4 Å². The number of benzene rings is 4. The van der Waals surface area contributed by atoms with Crippen molar-refractivity contribution in [3.63, 3.8) is 0 Å². The van der Waals surface area contributed by atoms with Gasteiger partial charge in [0, 0.05) is 12.6 Å². The van der Waals surface area contributed by atoms with Gasteiger partial charge in [0.1, 0.15) is 0 Å². The molecule has 0 aliphatic carbocycles. The average molecular weight is 518 g/mol. The Bertz CT molecular complexity index is 1510. The fourth-order valence-electron chi connectivity index (χ4n) is 6.42. The maximum atomic E-state index is 13.2. The normalized spacial score (nSPS) is 11.1. The van der Waals surface area contributed by atoms with E-state index in [-0.39, 0.29) is 5.91 Å². The van der Waals surface area contributed by atoms with E-state index in [1.54, 1.807) is 6.92 Å². The quantitative estimate of drug-likeness (QED) is 0.249. The Morgan fingerprint density at radius 1 is 0.564 bits per heavy atom. The van der Waals surface area contributed by atoms with Gasteiger partial charge in [-0.3, -0.25) is 9.69 Å². The predicted octanol–water partition coefficient (Wildman–Crippen LogP) is 9.33. The highest BCUT2D eigenvalue weighted by molar-refractivity contribution is 6.00. The average Bonchev–Trinajstić information content (AvgIpc) is 2.83. The van der Waals surface area contributed by atoms with Crippen LogP contribution in [-0.2, 0) is 17.6 Å². The lowest BCUT2D eigenvalue weighted by atomic mass is 9.88.